The van der Waals surface area contributed by atoms with Gasteiger partial charge >= 0.3 is 0 Å². The molecule has 0 aliphatic carbocycles. The van der Waals surface area contributed by atoms with E-state index >= 15 is 0 Å². The van der Waals surface area contributed by atoms with Gasteiger partial charge in [0, 0.05) is 9.89 Å². The van der Waals surface area contributed by atoms with Gasteiger partial charge in [0.2, 0.25) is 0 Å². The summed E-state index contributed by atoms with van der Waals surface area (Å²) in [6, 6.07) is 8.14. The molecule has 1 aromatic heterocycles. The summed E-state index contributed by atoms with van der Waals surface area (Å²) in [7, 11) is 0. The molecule has 0 aliphatic heterocycles. The van der Waals surface area contributed by atoms with Crippen molar-refractivity contribution in [2.24, 2.45) is 0 Å². The van der Waals surface area contributed by atoms with Crippen LogP contribution in [0.4, 0.5) is 5.82 Å². The Morgan fingerprint density at radius 1 is 1.32 bits per heavy atom. The predicted octanol–water partition coefficient (Wildman–Crippen LogP) is 4.18. The Balaban J connectivity index is 2.40. The van der Waals surface area contributed by atoms with E-state index in [-0.39, 0.29) is 5.41 Å². The highest BCUT2D eigenvalue weighted by Crippen LogP contribution is 2.30. The van der Waals surface area contributed by atoms with Crippen LogP contribution < -0.4 is 5.73 Å². The van der Waals surface area contributed by atoms with Crippen LogP contribution in [-0.2, 0) is 12.0 Å². The van der Waals surface area contributed by atoms with E-state index in [1.54, 1.807) is 0 Å². The van der Waals surface area contributed by atoms with Crippen LogP contribution in [0, 0.1) is 3.57 Å². The van der Waals surface area contributed by atoms with Gasteiger partial charge in [-0.15, -0.1) is 0 Å². The Morgan fingerprint density at radius 2 is 1.95 bits per heavy atom. The Morgan fingerprint density at radius 3 is 2.47 bits per heavy atom. The summed E-state index contributed by atoms with van der Waals surface area (Å²) < 4.78 is 4.01. The molecule has 1 heterocycles. The fraction of sp³-hybridized carbons (Fsp3) is 0.357. The number of hydrogen-bond donors (Lipinski definition) is 1. The fourth-order valence-electron chi connectivity index (χ4n) is 1.84. The molecule has 2 rings (SSSR count). The minimum atomic E-state index is 0.00378. The molecule has 0 aliphatic rings. The van der Waals surface area contributed by atoms with Crippen molar-refractivity contribution >= 4 is 44.3 Å². The molecule has 0 unspecified atom stereocenters. The number of benzene rings is 1. The van der Waals surface area contributed by atoms with Crippen molar-refractivity contribution in [1.82, 2.24) is 9.78 Å². The van der Waals surface area contributed by atoms with Gasteiger partial charge in [-0.3, -0.25) is 0 Å². The molecule has 0 saturated carbocycles. The van der Waals surface area contributed by atoms with E-state index < -0.39 is 0 Å². The number of rotatable bonds is 2. The first kappa shape index (κ1) is 14.8. The Labute approximate surface area is 135 Å². The van der Waals surface area contributed by atoms with Crippen molar-refractivity contribution < 1.29 is 0 Å². The first-order valence-electron chi connectivity index (χ1n) is 6.06. The zero-order valence-corrected chi connectivity index (χ0v) is 15.0. The van der Waals surface area contributed by atoms with Crippen LogP contribution in [0.2, 0.25) is 0 Å². The van der Waals surface area contributed by atoms with Crippen LogP contribution in [0.25, 0.3) is 0 Å². The number of nitrogen functional groups attached to an aromatic ring is 1. The van der Waals surface area contributed by atoms with E-state index in [1.807, 2.05) is 22.9 Å². The van der Waals surface area contributed by atoms with E-state index in [0.717, 1.165) is 19.6 Å². The van der Waals surface area contributed by atoms with Crippen LogP contribution >= 0.6 is 38.5 Å². The Kier molecular flexibility index (Phi) is 4.25. The smallest absolute Gasteiger partial charge is 0.135 e. The highest BCUT2D eigenvalue weighted by molar-refractivity contribution is 14.1. The van der Waals surface area contributed by atoms with E-state index in [4.69, 9.17) is 5.73 Å². The lowest BCUT2D eigenvalue weighted by Crippen LogP contribution is -2.14. The molecule has 0 fully saturated rings. The standard InChI is InChI=1S/C14H17BrIN3/c1-14(2,3)12-11(16)13(17)19(18-12)8-9-6-4-5-7-10(9)15/h4-7H,8,17H2,1-3H3. The Hall–Kier alpha value is -0.560. The van der Waals surface area contributed by atoms with Gasteiger partial charge in [0.15, 0.2) is 0 Å². The molecule has 5 heteroatoms. The third kappa shape index (κ3) is 3.13. The van der Waals surface area contributed by atoms with E-state index in [0.29, 0.717) is 6.54 Å². The van der Waals surface area contributed by atoms with Crippen LogP contribution in [-0.4, -0.2) is 9.78 Å². The Bertz CT molecular complexity index is 599. The van der Waals surface area contributed by atoms with Gasteiger partial charge in [-0.05, 0) is 34.2 Å². The van der Waals surface area contributed by atoms with Crippen LogP contribution in [0.3, 0.4) is 0 Å². The summed E-state index contributed by atoms with van der Waals surface area (Å²) in [5.41, 5.74) is 8.41. The second kappa shape index (κ2) is 5.44. The van der Waals surface area contributed by atoms with Gasteiger partial charge in [-0.25, -0.2) is 4.68 Å². The molecule has 0 amide bonds. The molecule has 3 nitrogen and oxygen atoms in total. The second-order valence-corrected chi connectivity index (χ2v) is 7.48. The first-order chi connectivity index (χ1) is 8.80. The van der Waals surface area contributed by atoms with Crippen LogP contribution in [0.15, 0.2) is 28.7 Å². The summed E-state index contributed by atoms with van der Waals surface area (Å²) in [6.07, 6.45) is 0. The minimum Gasteiger partial charge on any atom is -0.383 e. The molecule has 19 heavy (non-hydrogen) atoms. The molecule has 0 atom stereocenters. The number of nitrogens with two attached hydrogens (primary N) is 1. The quantitative estimate of drug-likeness (QED) is 0.722. The van der Waals surface area contributed by atoms with Crippen molar-refractivity contribution in [3.8, 4) is 0 Å². The van der Waals surface area contributed by atoms with Gasteiger partial charge in [-0.1, -0.05) is 54.9 Å². The summed E-state index contributed by atoms with van der Waals surface area (Å²) in [5, 5.41) is 4.68. The zero-order chi connectivity index (χ0) is 14.2. The maximum absolute atomic E-state index is 6.18. The minimum absolute atomic E-state index is 0.00378. The molecule has 0 saturated heterocycles. The van der Waals surface area contributed by atoms with Gasteiger partial charge < -0.3 is 5.73 Å². The van der Waals surface area contributed by atoms with Crippen molar-refractivity contribution in [3.63, 3.8) is 0 Å². The van der Waals surface area contributed by atoms with E-state index in [1.165, 1.54) is 5.56 Å². The average Bonchev–Trinajstić information content (AvgIpc) is 2.60. The largest absolute Gasteiger partial charge is 0.383 e. The van der Waals surface area contributed by atoms with Crippen LogP contribution in [0.5, 0.6) is 0 Å². The van der Waals surface area contributed by atoms with Gasteiger partial charge in [0.25, 0.3) is 0 Å². The highest BCUT2D eigenvalue weighted by Gasteiger charge is 2.24. The predicted molar refractivity (Wildman–Crippen MR) is 91.3 cm³/mol. The average molecular weight is 434 g/mol. The molecule has 0 spiro atoms. The molecule has 2 aromatic rings. The van der Waals surface area contributed by atoms with Gasteiger partial charge in [0.1, 0.15) is 5.82 Å². The highest BCUT2D eigenvalue weighted by atomic mass is 127. The molecule has 0 bridgehead atoms. The molecule has 102 valence electrons. The molecule has 0 radical (unpaired) electrons. The monoisotopic (exact) mass is 433 g/mol. The summed E-state index contributed by atoms with van der Waals surface area (Å²) in [4.78, 5) is 0. The number of anilines is 1. The first-order valence-corrected chi connectivity index (χ1v) is 7.93. The third-order valence-corrected chi connectivity index (χ3v) is 4.76. The lowest BCUT2D eigenvalue weighted by Gasteiger charge is -2.15. The summed E-state index contributed by atoms with van der Waals surface area (Å²) in [5.74, 6) is 0.737. The number of halogens is 2. The SMILES string of the molecule is CC(C)(C)c1nn(Cc2ccccc2Br)c(N)c1I. The second-order valence-electron chi connectivity index (χ2n) is 5.55. The number of aromatic nitrogens is 2. The number of hydrogen-bond acceptors (Lipinski definition) is 2. The summed E-state index contributed by atoms with van der Waals surface area (Å²) >= 11 is 5.84. The number of nitrogens with zero attached hydrogens (tertiary/aromatic N) is 2. The maximum atomic E-state index is 6.18. The maximum Gasteiger partial charge on any atom is 0.135 e. The van der Waals surface area contributed by atoms with Crippen molar-refractivity contribution in [1.29, 1.82) is 0 Å². The zero-order valence-electron chi connectivity index (χ0n) is 11.2. The normalized spacial score (nSPS) is 11.8. The molecular weight excluding hydrogens is 417 g/mol. The summed E-state index contributed by atoms with van der Waals surface area (Å²) in [6.45, 7) is 7.14. The third-order valence-electron chi connectivity index (χ3n) is 2.92. The van der Waals surface area contributed by atoms with Gasteiger partial charge in [-0.2, -0.15) is 5.10 Å². The van der Waals surface area contributed by atoms with Crippen molar-refractivity contribution in [2.45, 2.75) is 32.7 Å². The van der Waals surface area contributed by atoms with Crippen LogP contribution in [0.1, 0.15) is 32.0 Å². The van der Waals surface area contributed by atoms with Gasteiger partial charge in [0.05, 0.1) is 15.8 Å². The lowest BCUT2D eigenvalue weighted by molar-refractivity contribution is 0.544. The molecule has 2 N–H and O–H groups in total. The lowest BCUT2D eigenvalue weighted by atomic mass is 9.92. The topological polar surface area (TPSA) is 43.8 Å². The van der Waals surface area contributed by atoms with Crippen molar-refractivity contribution in [3.05, 3.63) is 43.6 Å². The molecule has 1 aromatic carbocycles. The fourth-order valence-corrected chi connectivity index (χ4v) is 3.45. The van der Waals surface area contributed by atoms with Crippen molar-refractivity contribution in [2.75, 3.05) is 5.73 Å². The van der Waals surface area contributed by atoms with E-state index in [2.05, 4.69) is 70.5 Å². The molecular formula is C14H17BrIN3. The van der Waals surface area contributed by atoms with E-state index in [9.17, 15) is 0 Å².